The Morgan fingerprint density at radius 3 is 2.46 bits per heavy atom. The lowest BCUT2D eigenvalue weighted by atomic mass is 10.1. The van der Waals surface area contributed by atoms with Gasteiger partial charge < -0.3 is 25.4 Å². The monoisotopic (exact) mass is 357 g/mol. The highest BCUT2D eigenvalue weighted by Gasteiger charge is 2.05. The zero-order valence-electron chi connectivity index (χ0n) is 13.9. The van der Waals surface area contributed by atoms with E-state index in [2.05, 4.69) is 5.32 Å². The molecule has 0 aliphatic rings. The topological polar surface area (TPSA) is 116 Å². The number of nitrogens with one attached hydrogen (secondary N) is 1. The van der Waals surface area contributed by atoms with E-state index < -0.39 is 12.6 Å². The minimum atomic E-state index is -1.14. The van der Waals surface area contributed by atoms with E-state index in [1.165, 1.54) is 24.3 Å². The highest BCUT2D eigenvalue weighted by Crippen LogP contribution is 2.27. The maximum Gasteiger partial charge on any atom is 0.341 e. The molecule has 1 amide bonds. The first-order chi connectivity index (χ1) is 12.4. The minimum absolute atomic E-state index is 0.0582. The van der Waals surface area contributed by atoms with Crippen molar-refractivity contribution >= 4 is 18.0 Å². The summed E-state index contributed by atoms with van der Waals surface area (Å²) in [6.07, 6.45) is 3.50. The quantitative estimate of drug-likeness (QED) is 0.537. The van der Waals surface area contributed by atoms with Crippen LogP contribution in [-0.4, -0.2) is 40.3 Å². The number of benzene rings is 2. The molecule has 2 rings (SSSR count). The second-order valence-corrected chi connectivity index (χ2v) is 5.45. The van der Waals surface area contributed by atoms with Crippen molar-refractivity contribution in [2.24, 2.45) is 0 Å². The third kappa shape index (κ3) is 6.20. The fourth-order valence-corrected chi connectivity index (χ4v) is 2.12. The summed E-state index contributed by atoms with van der Waals surface area (Å²) >= 11 is 0. The van der Waals surface area contributed by atoms with Gasteiger partial charge in [-0.25, -0.2) is 4.79 Å². The molecule has 0 spiro atoms. The molecule has 0 unspecified atom stereocenters. The van der Waals surface area contributed by atoms with E-state index in [-0.39, 0.29) is 23.2 Å². The summed E-state index contributed by atoms with van der Waals surface area (Å²) in [4.78, 5) is 22.2. The number of ether oxygens (including phenoxy) is 1. The average molecular weight is 357 g/mol. The molecule has 0 fully saturated rings. The molecule has 26 heavy (non-hydrogen) atoms. The zero-order valence-corrected chi connectivity index (χ0v) is 13.9. The van der Waals surface area contributed by atoms with E-state index >= 15 is 0 Å². The first-order valence-electron chi connectivity index (χ1n) is 7.85. The number of phenolic OH excluding ortho intramolecular Hbond substituents is 2. The van der Waals surface area contributed by atoms with Gasteiger partial charge in [-0.05, 0) is 47.9 Å². The van der Waals surface area contributed by atoms with Crippen LogP contribution in [0.4, 0.5) is 0 Å². The van der Waals surface area contributed by atoms with Gasteiger partial charge in [-0.15, -0.1) is 0 Å². The van der Waals surface area contributed by atoms with Gasteiger partial charge in [0.2, 0.25) is 5.91 Å². The third-order valence-corrected chi connectivity index (χ3v) is 3.41. The van der Waals surface area contributed by atoms with Crippen LogP contribution in [0.3, 0.4) is 0 Å². The highest BCUT2D eigenvalue weighted by atomic mass is 16.5. The number of phenols is 2. The van der Waals surface area contributed by atoms with E-state index in [4.69, 9.17) is 9.84 Å². The second kappa shape index (κ2) is 9.12. The molecule has 0 aromatic heterocycles. The first-order valence-corrected chi connectivity index (χ1v) is 7.85. The van der Waals surface area contributed by atoms with E-state index in [9.17, 15) is 19.8 Å². The number of carbonyl (C=O) groups excluding carboxylic acids is 1. The summed E-state index contributed by atoms with van der Waals surface area (Å²) in [5.41, 5.74) is 1.56. The second-order valence-electron chi connectivity index (χ2n) is 5.45. The Balaban J connectivity index is 1.82. The molecular formula is C19H19NO6. The van der Waals surface area contributed by atoms with Gasteiger partial charge in [0.1, 0.15) is 5.75 Å². The molecule has 2 aromatic rings. The summed E-state index contributed by atoms with van der Waals surface area (Å²) in [5, 5.41) is 30.3. The van der Waals surface area contributed by atoms with Crippen molar-refractivity contribution < 1.29 is 29.6 Å². The summed E-state index contributed by atoms with van der Waals surface area (Å²) in [6.45, 7) is -0.104. The van der Waals surface area contributed by atoms with Gasteiger partial charge in [-0.2, -0.15) is 0 Å². The molecule has 0 heterocycles. The van der Waals surface area contributed by atoms with Crippen LogP contribution < -0.4 is 10.1 Å². The summed E-state index contributed by atoms with van der Waals surface area (Å²) in [7, 11) is 0. The molecular weight excluding hydrogens is 338 g/mol. The molecule has 4 N–H and O–H groups in total. The van der Waals surface area contributed by atoms with Crippen molar-refractivity contribution in [1.29, 1.82) is 0 Å². The van der Waals surface area contributed by atoms with Crippen LogP contribution in [0.15, 0.2) is 48.5 Å². The molecule has 0 bridgehead atoms. The van der Waals surface area contributed by atoms with Crippen molar-refractivity contribution in [1.82, 2.24) is 5.32 Å². The smallest absolute Gasteiger partial charge is 0.341 e. The largest absolute Gasteiger partial charge is 0.508 e. The van der Waals surface area contributed by atoms with Gasteiger partial charge in [0.05, 0.1) is 0 Å². The molecule has 136 valence electrons. The fourth-order valence-electron chi connectivity index (χ4n) is 2.12. The van der Waals surface area contributed by atoms with Gasteiger partial charge in [0.15, 0.2) is 18.1 Å². The number of carboxylic acids is 1. The summed E-state index contributed by atoms with van der Waals surface area (Å²) in [6, 6.07) is 11.2. The molecule has 0 radical (unpaired) electrons. The molecule has 7 nitrogen and oxygen atoms in total. The van der Waals surface area contributed by atoms with Crippen LogP contribution in [-0.2, 0) is 16.0 Å². The van der Waals surface area contributed by atoms with Gasteiger partial charge in [-0.1, -0.05) is 18.2 Å². The van der Waals surface area contributed by atoms with E-state index in [1.54, 1.807) is 30.3 Å². The predicted molar refractivity (Wildman–Crippen MR) is 95.1 cm³/mol. The lowest BCUT2D eigenvalue weighted by molar-refractivity contribution is -0.139. The molecule has 2 aromatic carbocycles. The molecule has 0 atom stereocenters. The fraction of sp³-hybridized carbons (Fsp3) is 0.158. The van der Waals surface area contributed by atoms with Crippen LogP contribution in [0.1, 0.15) is 11.1 Å². The maximum absolute atomic E-state index is 11.8. The molecule has 0 saturated heterocycles. The van der Waals surface area contributed by atoms with Crippen LogP contribution in [0.5, 0.6) is 17.2 Å². The number of hydrogen-bond acceptors (Lipinski definition) is 5. The number of carbonyl (C=O) groups is 2. The maximum atomic E-state index is 11.8. The summed E-state index contributed by atoms with van der Waals surface area (Å²) in [5.74, 6) is -1.38. The van der Waals surface area contributed by atoms with Crippen LogP contribution in [0, 0.1) is 0 Å². The molecule has 0 saturated carbocycles. The minimum Gasteiger partial charge on any atom is -0.508 e. The SMILES string of the molecule is O=C(O)COc1ccc(/C=C/C(=O)NCCc2ccc(O)cc2)cc1O. The number of amides is 1. The Kier molecular flexibility index (Phi) is 6.61. The Morgan fingerprint density at radius 2 is 1.81 bits per heavy atom. The van der Waals surface area contributed by atoms with Gasteiger partial charge in [0, 0.05) is 12.6 Å². The van der Waals surface area contributed by atoms with Crippen molar-refractivity contribution in [2.75, 3.05) is 13.2 Å². The van der Waals surface area contributed by atoms with Crippen LogP contribution in [0.2, 0.25) is 0 Å². The number of carboxylic acid groups (broad SMARTS) is 1. The van der Waals surface area contributed by atoms with E-state index in [1.807, 2.05) is 0 Å². The number of aromatic hydroxyl groups is 2. The number of hydrogen-bond donors (Lipinski definition) is 4. The molecule has 0 aliphatic carbocycles. The van der Waals surface area contributed by atoms with E-state index in [0.717, 1.165) is 5.56 Å². The lowest BCUT2D eigenvalue weighted by Crippen LogP contribution is -2.23. The Morgan fingerprint density at radius 1 is 1.08 bits per heavy atom. The first kappa shape index (κ1) is 18.9. The molecule has 0 aliphatic heterocycles. The third-order valence-electron chi connectivity index (χ3n) is 3.41. The van der Waals surface area contributed by atoms with Crippen molar-refractivity contribution in [3.63, 3.8) is 0 Å². The van der Waals surface area contributed by atoms with Crippen molar-refractivity contribution in [3.8, 4) is 17.2 Å². The standard InChI is InChI=1S/C19H19NO6/c21-15-5-1-13(2-6-15)9-10-20-18(23)8-4-14-3-7-17(16(22)11-14)26-12-19(24)25/h1-8,11,21-22H,9-10,12H2,(H,20,23)(H,24,25)/b8-4+. The van der Waals surface area contributed by atoms with Crippen LogP contribution in [0.25, 0.3) is 6.08 Å². The van der Waals surface area contributed by atoms with Gasteiger partial charge in [0.25, 0.3) is 0 Å². The molecule has 7 heteroatoms. The lowest BCUT2D eigenvalue weighted by Gasteiger charge is -2.06. The Labute approximate surface area is 150 Å². The zero-order chi connectivity index (χ0) is 18.9. The highest BCUT2D eigenvalue weighted by molar-refractivity contribution is 5.91. The normalized spacial score (nSPS) is 10.6. The summed E-state index contributed by atoms with van der Waals surface area (Å²) < 4.78 is 4.91. The number of aliphatic carboxylic acids is 1. The predicted octanol–water partition coefficient (Wildman–Crippen LogP) is 1.93. The van der Waals surface area contributed by atoms with Crippen molar-refractivity contribution in [3.05, 3.63) is 59.7 Å². The van der Waals surface area contributed by atoms with Crippen molar-refractivity contribution in [2.45, 2.75) is 6.42 Å². The average Bonchev–Trinajstić information content (AvgIpc) is 2.60. The van der Waals surface area contributed by atoms with Gasteiger partial charge >= 0.3 is 5.97 Å². The number of rotatable bonds is 8. The van der Waals surface area contributed by atoms with Crippen LogP contribution >= 0.6 is 0 Å². The Bertz CT molecular complexity index is 798. The Hall–Kier alpha value is -3.48. The van der Waals surface area contributed by atoms with E-state index in [0.29, 0.717) is 18.5 Å². The van der Waals surface area contributed by atoms with Gasteiger partial charge in [-0.3, -0.25) is 4.79 Å².